The Morgan fingerprint density at radius 1 is 1.56 bits per heavy atom. The third-order valence-corrected chi connectivity index (χ3v) is 3.45. The molecule has 0 spiro atoms. The monoisotopic (exact) mass is 249 g/mol. The second-order valence-corrected chi connectivity index (χ2v) is 4.68. The van der Waals surface area contributed by atoms with E-state index in [1.54, 1.807) is 12.1 Å². The van der Waals surface area contributed by atoms with Gasteiger partial charge in [0, 0.05) is 25.2 Å². The molecule has 1 saturated heterocycles. The van der Waals surface area contributed by atoms with Crippen LogP contribution in [0.2, 0.25) is 0 Å². The van der Waals surface area contributed by atoms with Crippen molar-refractivity contribution in [2.45, 2.75) is 26.3 Å². The number of hydrogen-bond donors (Lipinski definition) is 1. The van der Waals surface area contributed by atoms with Crippen LogP contribution in [0.3, 0.4) is 0 Å². The highest BCUT2D eigenvalue weighted by molar-refractivity contribution is 5.65. The van der Waals surface area contributed by atoms with Crippen LogP contribution in [-0.4, -0.2) is 30.6 Å². The summed E-state index contributed by atoms with van der Waals surface area (Å²) in [6.45, 7) is 6.69. The molecule has 1 heterocycles. The van der Waals surface area contributed by atoms with Gasteiger partial charge in [-0.05, 0) is 38.4 Å². The van der Waals surface area contributed by atoms with Crippen LogP contribution in [0.25, 0.3) is 0 Å². The molecular weight excluding hydrogens is 230 g/mol. The number of nitrogens with zero attached hydrogens (tertiary/aromatic N) is 2. The van der Waals surface area contributed by atoms with Gasteiger partial charge in [-0.2, -0.15) is 0 Å². The minimum Gasteiger partial charge on any atom is -0.362 e. The predicted octanol–water partition coefficient (Wildman–Crippen LogP) is 2.09. The van der Waals surface area contributed by atoms with Gasteiger partial charge in [-0.15, -0.1) is 0 Å². The van der Waals surface area contributed by atoms with Gasteiger partial charge in [0.25, 0.3) is 5.69 Å². The zero-order chi connectivity index (χ0) is 13.1. The second-order valence-electron chi connectivity index (χ2n) is 4.68. The van der Waals surface area contributed by atoms with E-state index in [1.165, 1.54) is 0 Å². The Balaban J connectivity index is 2.39. The quantitative estimate of drug-likeness (QED) is 0.655. The lowest BCUT2D eigenvalue weighted by molar-refractivity contribution is -0.384. The van der Waals surface area contributed by atoms with Gasteiger partial charge in [0.15, 0.2) is 0 Å². The molecule has 0 amide bonds. The summed E-state index contributed by atoms with van der Waals surface area (Å²) in [5.41, 5.74) is 2.01. The van der Waals surface area contributed by atoms with Crippen LogP contribution < -0.4 is 10.2 Å². The highest BCUT2D eigenvalue weighted by Gasteiger charge is 2.26. The van der Waals surface area contributed by atoms with E-state index in [4.69, 9.17) is 0 Å². The highest BCUT2D eigenvalue weighted by Crippen LogP contribution is 2.31. The summed E-state index contributed by atoms with van der Waals surface area (Å²) in [5.74, 6) is 0. The van der Waals surface area contributed by atoms with Gasteiger partial charge in [0.2, 0.25) is 0 Å². The average molecular weight is 249 g/mol. The maximum absolute atomic E-state index is 11.1. The molecule has 0 bridgehead atoms. The van der Waals surface area contributed by atoms with Gasteiger partial charge >= 0.3 is 0 Å². The summed E-state index contributed by atoms with van der Waals surface area (Å²) in [7, 11) is 0. The Morgan fingerprint density at radius 3 is 2.89 bits per heavy atom. The molecule has 98 valence electrons. The number of aryl methyl sites for hydroxylation is 1. The summed E-state index contributed by atoms with van der Waals surface area (Å²) in [5, 5.41) is 14.4. The first-order valence-corrected chi connectivity index (χ1v) is 6.36. The van der Waals surface area contributed by atoms with E-state index in [9.17, 15) is 10.1 Å². The number of anilines is 1. The first-order valence-electron chi connectivity index (χ1n) is 6.36. The molecule has 1 aliphatic rings. The maximum Gasteiger partial charge on any atom is 0.292 e. The Bertz CT molecular complexity index is 442. The molecule has 5 nitrogen and oxygen atoms in total. The highest BCUT2D eigenvalue weighted by atomic mass is 16.6. The van der Waals surface area contributed by atoms with Crippen molar-refractivity contribution >= 4 is 11.4 Å². The third-order valence-electron chi connectivity index (χ3n) is 3.45. The molecule has 0 aromatic heterocycles. The van der Waals surface area contributed by atoms with Gasteiger partial charge in [-0.1, -0.05) is 6.07 Å². The molecule has 2 rings (SSSR count). The van der Waals surface area contributed by atoms with Crippen molar-refractivity contribution < 1.29 is 4.92 Å². The molecule has 0 saturated carbocycles. The van der Waals surface area contributed by atoms with Crippen molar-refractivity contribution in [1.29, 1.82) is 0 Å². The fourth-order valence-electron chi connectivity index (χ4n) is 2.55. The first kappa shape index (κ1) is 12.8. The van der Waals surface area contributed by atoms with Crippen molar-refractivity contribution in [2.75, 3.05) is 24.5 Å². The van der Waals surface area contributed by atoms with Crippen LogP contribution in [0.15, 0.2) is 18.2 Å². The Hall–Kier alpha value is -1.62. The lowest BCUT2D eigenvalue weighted by Gasteiger charge is -2.29. The van der Waals surface area contributed by atoms with Crippen LogP contribution in [0.5, 0.6) is 0 Å². The van der Waals surface area contributed by atoms with Crippen LogP contribution >= 0.6 is 0 Å². The molecule has 1 fully saturated rings. The molecule has 18 heavy (non-hydrogen) atoms. The topological polar surface area (TPSA) is 58.4 Å². The van der Waals surface area contributed by atoms with Crippen LogP contribution in [-0.2, 0) is 0 Å². The molecule has 1 aliphatic heterocycles. The molecule has 1 aromatic rings. The van der Waals surface area contributed by atoms with E-state index >= 15 is 0 Å². The van der Waals surface area contributed by atoms with Crippen molar-refractivity contribution in [3.63, 3.8) is 0 Å². The molecule has 1 aromatic carbocycles. The van der Waals surface area contributed by atoms with Crippen molar-refractivity contribution in [3.8, 4) is 0 Å². The zero-order valence-electron chi connectivity index (χ0n) is 10.8. The van der Waals surface area contributed by atoms with Gasteiger partial charge in [0.05, 0.1) is 4.92 Å². The van der Waals surface area contributed by atoms with Crippen LogP contribution in [0.4, 0.5) is 11.4 Å². The largest absolute Gasteiger partial charge is 0.362 e. The number of nitro groups is 1. The Morgan fingerprint density at radius 2 is 2.33 bits per heavy atom. The minimum absolute atomic E-state index is 0.203. The van der Waals surface area contributed by atoms with Crippen LogP contribution in [0.1, 0.15) is 18.9 Å². The standard InChI is InChI=1S/C13H19N3O2/c1-3-15(11-6-7-14-9-11)13-8-10(2)4-5-12(13)16(17)18/h4-5,8,11,14H,3,6-7,9H2,1-2H3. The lowest BCUT2D eigenvalue weighted by atomic mass is 10.1. The fraction of sp³-hybridized carbons (Fsp3) is 0.538. The van der Waals surface area contributed by atoms with Gasteiger partial charge in [0.1, 0.15) is 5.69 Å². The summed E-state index contributed by atoms with van der Waals surface area (Å²) in [4.78, 5) is 13.0. The smallest absolute Gasteiger partial charge is 0.292 e. The number of nitrogens with one attached hydrogen (secondary N) is 1. The summed E-state index contributed by atoms with van der Waals surface area (Å²) in [6.07, 6.45) is 1.04. The molecule has 1 atom stereocenters. The molecule has 5 heteroatoms. The summed E-state index contributed by atoms with van der Waals surface area (Å²) in [6, 6.07) is 5.67. The lowest BCUT2D eigenvalue weighted by Crippen LogP contribution is -2.37. The van der Waals surface area contributed by atoms with Crippen molar-refractivity contribution in [3.05, 3.63) is 33.9 Å². The average Bonchev–Trinajstić information content (AvgIpc) is 2.83. The molecule has 0 aliphatic carbocycles. The first-order chi connectivity index (χ1) is 8.63. The Labute approximate surface area is 107 Å². The zero-order valence-corrected chi connectivity index (χ0v) is 10.8. The van der Waals surface area contributed by atoms with Crippen LogP contribution in [0, 0.1) is 17.0 Å². The molecule has 1 N–H and O–H groups in total. The van der Waals surface area contributed by atoms with E-state index in [0.717, 1.165) is 37.3 Å². The maximum atomic E-state index is 11.1. The van der Waals surface area contributed by atoms with E-state index in [-0.39, 0.29) is 10.6 Å². The van der Waals surface area contributed by atoms with Gasteiger partial charge < -0.3 is 10.2 Å². The number of hydrogen-bond acceptors (Lipinski definition) is 4. The summed E-state index contributed by atoms with van der Waals surface area (Å²) >= 11 is 0. The molecule has 0 radical (unpaired) electrons. The number of nitro benzene ring substituents is 1. The SMILES string of the molecule is CCN(c1cc(C)ccc1[N+](=O)[O-])C1CCNC1. The normalized spacial score (nSPS) is 18.9. The van der Waals surface area contributed by atoms with Gasteiger partial charge in [-0.25, -0.2) is 0 Å². The van der Waals surface area contributed by atoms with E-state index < -0.39 is 0 Å². The van der Waals surface area contributed by atoms with E-state index in [2.05, 4.69) is 10.2 Å². The number of likely N-dealkylation sites (N-methyl/N-ethyl adjacent to an activating group) is 1. The predicted molar refractivity (Wildman–Crippen MR) is 72.1 cm³/mol. The third kappa shape index (κ3) is 2.46. The molecule has 1 unspecified atom stereocenters. The van der Waals surface area contributed by atoms with Crippen molar-refractivity contribution in [1.82, 2.24) is 5.32 Å². The van der Waals surface area contributed by atoms with Gasteiger partial charge in [-0.3, -0.25) is 10.1 Å². The summed E-state index contributed by atoms with van der Waals surface area (Å²) < 4.78 is 0. The minimum atomic E-state index is -0.292. The number of rotatable bonds is 4. The van der Waals surface area contributed by atoms with E-state index in [0.29, 0.717) is 6.04 Å². The fourth-order valence-corrected chi connectivity index (χ4v) is 2.55. The van der Waals surface area contributed by atoms with E-state index in [1.807, 2.05) is 19.9 Å². The van der Waals surface area contributed by atoms with Crippen molar-refractivity contribution in [2.24, 2.45) is 0 Å². The number of benzene rings is 1. The molecular formula is C13H19N3O2. The second kappa shape index (κ2) is 5.35. The Kier molecular flexibility index (Phi) is 3.81.